The van der Waals surface area contributed by atoms with E-state index in [1.807, 2.05) is 0 Å². The molecule has 0 aliphatic carbocycles. The molecule has 2 atom stereocenters. The van der Waals surface area contributed by atoms with Crippen molar-refractivity contribution >= 4 is 5.91 Å². The first kappa shape index (κ1) is 15.3. The van der Waals surface area contributed by atoms with Crippen molar-refractivity contribution in [2.45, 2.75) is 19.1 Å². The van der Waals surface area contributed by atoms with E-state index in [0.717, 1.165) is 0 Å². The highest BCUT2D eigenvalue weighted by atomic mass is 19.1. The van der Waals surface area contributed by atoms with Crippen LogP contribution in [0.2, 0.25) is 0 Å². The molecule has 2 fully saturated rings. The molecule has 1 aromatic carbocycles. The minimum Gasteiger partial charge on any atom is -0.371 e. The molecule has 0 unspecified atom stereocenters. The second-order valence-corrected chi connectivity index (χ2v) is 6.06. The van der Waals surface area contributed by atoms with Gasteiger partial charge in [0, 0.05) is 18.8 Å². The Labute approximate surface area is 138 Å². The summed E-state index contributed by atoms with van der Waals surface area (Å²) in [5.74, 6) is -0.563. The number of benzene rings is 1. The highest BCUT2D eigenvalue weighted by Gasteiger charge is 2.39. The largest absolute Gasteiger partial charge is 0.371 e. The normalized spacial score (nSPS) is 23.3. The average molecular weight is 331 g/mol. The van der Waals surface area contributed by atoms with Crippen molar-refractivity contribution in [1.29, 1.82) is 0 Å². The summed E-state index contributed by atoms with van der Waals surface area (Å²) in [7, 11) is 0. The number of hydrogen-bond acceptors (Lipinski definition) is 4. The number of para-hydroxylation sites is 1. The maximum atomic E-state index is 14.0. The molecule has 1 amide bonds. The first-order valence-corrected chi connectivity index (χ1v) is 7.97. The number of aryl methyl sites for hydroxylation is 1. The highest BCUT2D eigenvalue weighted by Crippen LogP contribution is 2.22. The van der Waals surface area contributed by atoms with Crippen LogP contribution < -0.4 is 0 Å². The van der Waals surface area contributed by atoms with Crippen LogP contribution in [0, 0.1) is 12.7 Å². The smallest absolute Gasteiger partial charge is 0.274 e. The van der Waals surface area contributed by atoms with Crippen molar-refractivity contribution in [1.82, 2.24) is 14.7 Å². The molecular formula is C17H18FN3O3. The summed E-state index contributed by atoms with van der Waals surface area (Å²) in [6.45, 7) is 3.91. The van der Waals surface area contributed by atoms with Crippen LogP contribution in [0.1, 0.15) is 16.2 Å². The van der Waals surface area contributed by atoms with E-state index in [0.29, 0.717) is 43.4 Å². The molecule has 0 N–H and O–H groups in total. The molecule has 2 aliphatic heterocycles. The number of carbonyl (C=O) groups excluding carboxylic acids is 1. The molecule has 0 bridgehead atoms. The molecule has 2 aliphatic rings. The first-order valence-electron chi connectivity index (χ1n) is 7.97. The van der Waals surface area contributed by atoms with Gasteiger partial charge in [0.2, 0.25) is 0 Å². The maximum Gasteiger partial charge on any atom is 0.274 e. The Hall–Kier alpha value is -2.25. The van der Waals surface area contributed by atoms with Gasteiger partial charge in [-0.2, -0.15) is 5.10 Å². The fourth-order valence-corrected chi connectivity index (χ4v) is 3.24. The van der Waals surface area contributed by atoms with Crippen molar-refractivity contribution in [3.05, 3.63) is 47.5 Å². The number of rotatable bonds is 2. The third-order valence-corrected chi connectivity index (χ3v) is 4.44. The summed E-state index contributed by atoms with van der Waals surface area (Å²) in [5, 5.41) is 4.31. The van der Waals surface area contributed by atoms with Crippen LogP contribution in [0.25, 0.3) is 5.69 Å². The quantitative estimate of drug-likeness (QED) is 0.838. The third kappa shape index (κ3) is 2.59. The molecule has 3 heterocycles. The number of carbonyl (C=O) groups is 1. The van der Waals surface area contributed by atoms with Crippen LogP contribution >= 0.6 is 0 Å². The van der Waals surface area contributed by atoms with Crippen molar-refractivity contribution in [2.24, 2.45) is 0 Å². The van der Waals surface area contributed by atoms with Crippen molar-refractivity contribution in [2.75, 3.05) is 26.3 Å². The van der Waals surface area contributed by atoms with Crippen LogP contribution in [0.15, 0.2) is 30.3 Å². The second kappa shape index (κ2) is 5.99. The lowest BCUT2D eigenvalue weighted by atomic mass is 10.2. The van der Waals surface area contributed by atoms with Gasteiger partial charge < -0.3 is 14.4 Å². The maximum absolute atomic E-state index is 14.0. The lowest BCUT2D eigenvalue weighted by Crippen LogP contribution is -2.36. The Morgan fingerprint density at radius 1 is 1.21 bits per heavy atom. The van der Waals surface area contributed by atoms with Crippen molar-refractivity contribution < 1.29 is 18.7 Å². The summed E-state index contributed by atoms with van der Waals surface area (Å²) >= 11 is 0. The molecule has 6 nitrogen and oxygen atoms in total. The van der Waals surface area contributed by atoms with Gasteiger partial charge in [0.15, 0.2) is 5.69 Å². The van der Waals surface area contributed by atoms with Crippen LogP contribution in [0.4, 0.5) is 4.39 Å². The minimum atomic E-state index is -0.378. The molecule has 24 heavy (non-hydrogen) atoms. The minimum absolute atomic E-state index is 0.0718. The van der Waals surface area contributed by atoms with Gasteiger partial charge in [0.05, 0.1) is 13.2 Å². The number of halogens is 1. The Morgan fingerprint density at radius 2 is 1.88 bits per heavy atom. The second-order valence-electron chi connectivity index (χ2n) is 6.06. The summed E-state index contributed by atoms with van der Waals surface area (Å²) in [5.41, 5.74) is 1.33. The number of aromatic nitrogens is 2. The standard InChI is InChI=1S/C17H18FN3O3/c1-11-8-13(19-21(11)14-5-3-2-4-12(14)18)17(22)20-9-15-16(10-20)24-7-6-23-15/h2-5,8,15-16H,6-7,9-10H2,1H3/t15-,16+. The number of ether oxygens (including phenoxy) is 2. The third-order valence-electron chi connectivity index (χ3n) is 4.44. The first-order chi connectivity index (χ1) is 11.6. The molecule has 126 valence electrons. The van der Waals surface area contributed by atoms with Gasteiger partial charge in [-0.25, -0.2) is 9.07 Å². The SMILES string of the molecule is Cc1cc(C(=O)N2C[C@@H]3OCCO[C@@H]3C2)nn1-c1ccccc1F. The summed E-state index contributed by atoms with van der Waals surface area (Å²) in [6, 6.07) is 8.04. The van der Waals surface area contributed by atoms with E-state index in [1.165, 1.54) is 10.7 Å². The Kier molecular flexibility index (Phi) is 3.82. The van der Waals surface area contributed by atoms with Gasteiger partial charge in [-0.15, -0.1) is 0 Å². The van der Waals surface area contributed by atoms with E-state index in [2.05, 4.69) is 5.10 Å². The van der Waals surface area contributed by atoms with Crippen LogP contribution in [-0.4, -0.2) is 59.1 Å². The van der Waals surface area contributed by atoms with E-state index >= 15 is 0 Å². The van der Waals surface area contributed by atoms with E-state index in [9.17, 15) is 9.18 Å². The molecule has 0 spiro atoms. The number of likely N-dealkylation sites (tertiary alicyclic amines) is 1. The zero-order chi connectivity index (χ0) is 16.7. The van der Waals surface area contributed by atoms with E-state index in [-0.39, 0.29) is 23.9 Å². The number of hydrogen-bond donors (Lipinski definition) is 0. The Bertz CT molecular complexity index is 762. The zero-order valence-corrected chi connectivity index (χ0v) is 13.3. The summed E-state index contributed by atoms with van der Waals surface area (Å²) in [6.07, 6.45) is -0.144. The average Bonchev–Trinajstić information content (AvgIpc) is 3.18. The molecule has 2 aromatic rings. The van der Waals surface area contributed by atoms with Gasteiger partial charge in [0.1, 0.15) is 23.7 Å². The predicted molar refractivity (Wildman–Crippen MR) is 83.6 cm³/mol. The molecular weight excluding hydrogens is 313 g/mol. The van der Waals surface area contributed by atoms with Crippen molar-refractivity contribution in [3.8, 4) is 5.69 Å². The van der Waals surface area contributed by atoms with Gasteiger partial charge in [-0.05, 0) is 25.1 Å². The van der Waals surface area contributed by atoms with Crippen LogP contribution in [0.5, 0.6) is 0 Å². The topological polar surface area (TPSA) is 56.6 Å². The fourth-order valence-electron chi connectivity index (χ4n) is 3.24. The predicted octanol–water partition coefficient (Wildman–Crippen LogP) is 1.56. The Morgan fingerprint density at radius 3 is 2.54 bits per heavy atom. The van der Waals surface area contributed by atoms with Gasteiger partial charge in [-0.3, -0.25) is 4.79 Å². The highest BCUT2D eigenvalue weighted by molar-refractivity contribution is 5.92. The van der Waals surface area contributed by atoms with Crippen LogP contribution in [0.3, 0.4) is 0 Å². The molecule has 0 saturated carbocycles. The Balaban J connectivity index is 1.58. The monoisotopic (exact) mass is 331 g/mol. The molecule has 4 rings (SSSR count). The van der Waals surface area contributed by atoms with Gasteiger partial charge >= 0.3 is 0 Å². The number of nitrogens with zero attached hydrogens (tertiary/aromatic N) is 3. The van der Waals surface area contributed by atoms with Crippen LogP contribution in [-0.2, 0) is 9.47 Å². The van der Waals surface area contributed by atoms with E-state index < -0.39 is 0 Å². The molecule has 0 radical (unpaired) electrons. The summed E-state index contributed by atoms with van der Waals surface area (Å²) in [4.78, 5) is 14.4. The van der Waals surface area contributed by atoms with Crippen molar-refractivity contribution in [3.63, 3.8) is 0 Å². The summed E-state index contributed by atoms with van der Waals surface area (Å²) < 4.78 is 26.7. The zero-order valence-electron chi connectivity index (χ0n) is 13.3. The fraction of sp³-hybridized carbons (Fsp3) is 0.412. The molecule has 1 aromatic heterocycles. The van der Waals surface area contributed by atoms with Gasteiger partial charge in [-0.1, -0.05) is 12.1 Å². The molecule has 2 saturated heterocycles. The van der Waals surface area contributed by atoms with E-state index in [1.54, 1.807) is 36.1 Å². The number of amides is 1. The lowest BCUT2D eigenvalue weighted by molar-refractivity contribution is -0.116. The lowest BCUT2D eigenvalue weighted by Gasteiger charge is -2.24. The number of fused-ring (bicyclic) bond motifs is 1. The van der Waals surface area contributed by atoms with E-state index in [4.69, 9.17) is 9.47 Å². The van der Waals surface area contributed by atoms with Gasteiger partial charge in [0.25, 0.3) is 5.91 Å². The molecule has 7 heteroatoms.